The third-order valence-electron chi connectivity index (χ3n) is 0.937. The van der Waals surface area contributed by atoms with Gasteiger partial charge in [-0.05, 0) is 0 Å². The number of carbonyl (C=O) groups excluding carboxylic acids is 2. The monoisotopic (exact) mass is 171 g/mol. The second kappa shape index (κ2) is 2.75. The van der Waals surface area contributed by atoms with Crippen molar-refractivity contribution in [2.75, 3.05) is 0 Å². The molecule has 1 heterocycles. The van der Waals surface area contributed by atoms with Crippen LogP contribution in [0.3, 0.4) is 0 Å². The molecule has 1 aromatic rings. The highest BCUT2D eigenvalue weighted by Crippen LogP contribution is 2.08. The summed E-state index contributed by atoms with van der Waals surface area (Å²) >= 11 is 0.903. The smallest absolute Gasteiger partial charge is 0.279 e. The molecule has 5 nitrogen and oxygen atoms in total. The summed E-state index contributed by atoms with van der Waals surface area (Å²) in [5.74, 6) is -0.870. The topological polar surface area (TPSA) is 85.9 Å². The summed E-state index contributed by atoms with van der Waals surface area (Å²) in [4.78, 5) is 21.1. The Balaban J connectivity index is 2.99. The zero-order valence-corrected chi connectivity index (χ0v) is 6.51. The van der Waals surface area contributed by atoms with Crippen molar-refractivity contribution >= 4 is 23.0 Å². The van der Waals surface area contributed by atoms with E-state index in [2.05, 4.69) is 10.2 Å². The molecule has 6 heteroatoms. The van der Waals surface area contributed by atoms with Gasteiger partial charge in [-0.1, -0.05) is 11.3 Å². The molecule has 2 N–H and O–H groups in total. The Kier molecular flexibility index (Phi) is 1.95. The van der Waals surface area contributed by atoms with Gasteiger partial charge in [0.1, 0.15) is 0 Å². The summed E-state index contributed by atoms with van der Waals surface area (Å²) in [6.07, 6.45) is 0. The normalized spacial score (nSPS) is 9.55. The third-order valence-corrected chi connectivity index (χ3v) is 1.98. The number of hydrogen-bond acceptors (Lipinski definition) is 5. The standard InChI is InChI=1S/C5H5N3O2S/c1-2(9)4-7-8-5(11-4)3(6)10/h1H3,(H2,6,10). The fraction of sp³-hybridized carbons (Fsp3) is 0.200. The summed E-state index contributed by atoms with van der Waals surface area (Å²) in [5.41, 5.74) is 4.88. The van der Waals surface area contributed by atoms with Crippen LogP contribution in [-0.2, 0) is 0 Å². The van der Waals surface area contributed by atoms with Gasteiger partial charge in [-0.2, -0.15) is 0 Å². The van der Waals surface area contributed by atoms with Gasteiger partial charge >= 0.3 is 0 Å². The number of nitrogens with zero attached hydrogens (tertiary/aromatic N) is 2. The van der Waals surface area contributed by atoms with Crippen molar-refractivity contribution in [1.29, 1.82) is 0 Å². The summed E-state index contributed by atoms with van der Waals surface area (Å²) in [6.45, 7) is 1.35. The lowest BCUT2D eigenvalue weighted by atomic mass is 10.5. The van der Waals surface area contributed by atoms with Crippen molar-refractivity contribution in [2.24, 2.45) is 5.73 Å². The van der Waals surface area contributed by atoms with Crippen LogP contribution in [0.25, 0.3) is 0 Å². The summed E-state index contributed by atoms with van der Waals surface area (Å²) in [7, 11) is 0. The van der Waals surface area contributed by atoms with Crippen molar-refractivity contribution in [3.8, 4) is 0 Å². The molecular weight excluding hydrogens is 166 g/mol. The minimum atomic E-state index is -0.657. The molecule has 0 spiro atoms. The van der Waals surface area contributed by atoms with Crippen LogP contribution in [0.1, 0.15) is 26.5 Å². The highest BCUT2D eigenvalue weighted by Gasteiger charge is 2.11. The number of nitrogens with two attached hydrogens (primary N) is 1. The van der Waals surface area contributed by atoms with Crippen molar-refractivity contribution < 1.29 is 9.59 Å². The van der Waals surface area contributed by atoms with E-state index in [4.69, 9.17) is 5.73 Å². The van der Waals surface area contributed by atoms with Crippen LogP contribution in [0.4, 0.5) is 0 Å². The van der Waals surface area contributed by atoms with E-state index in [-0.39, 0.29) is 15.8 Å². The molecule has 1 amide bonds. The maximum absolute atomic E-state index is 10.6. The van der Waals surface area contributed by atoms with E-state index < -0.39 is 5.91 Å². The summed E-state index contributed by atoms with van der Waals surface area (Å²) in [6, 6.07) is 0. The zero-order valence-electron chi connectivity index (χ0n) is 5.70. The Morgan fingerprint density at radius 1 is 1.36 bits per heavy atom. The van der Waals surface area contributed by atoms with Crippen LogP contribution in [-0.4, -0.2) is 21.9 Å². The molecule has 0 radical (unpaired) electrons. The molecule has 0 aliphatic carbocycles. The Labute approximate surface area is 66.2 Å². The summed E-state index contributed by atoms with van der Waals surface area (Å²) < 4.78 is 0. The number of ketones is 1. The maximum Gasteiger partial charge on any atom is 0.279 e. The highest BCUT2D eigenvalue weighted by atomic mass is 32.1. The van der Waals surface area contributed by atoms with Gasteiger partial charge in [-0.3, -0.25) is 9.59 Å². The van der Waals surface area contributed by atoms with E-state index in [0.717, 1.165) is 11.3 Å². The second-order valence-electron chi connectivity index (χ2n) is 1.83. The van der Waals surface area contributed by atoms with E-state index in [1.165, 1.54) is 6.92 Å². The lowest BCUT2D eigenvalue weighted by Crippen LogP contribution is -2.10. The lowest BCUT2D eigenvalue weighted by Gasteiger charge is -1.79. The van der Waals surface area contributed by atoms with Crippen molar-refractivity contribution in [3.05, 3.63) is 10.0 Å². The predicted molar refractivity (Wildman–Crippen MR) is 38.4 cm³/mol. The lowest BCUT2D eigenvalue weighted by molar-refractivity contribution is 0.0994. The predicted octanol–water partition coefficient (Wildman–Crippen LogP) is -0.160. The maximum atomic E-state index is 10.6. The number of carbonyl (C=O) groups is 2. The zero-order chi connectivity index (χ0) is 8.43. The van der Waals surface area contributed by atoms with Gasteiger partial charge in [0.25, 0.3) is 5.91 Å². The molecule has 0 saturated carbocycles. The molecule has 0 atom stereocenters. The molecular formula is C5H5N3O2S. The van der Waals surface area contributed by atoms with E-state index in [9.17, 15) is 9.59 Å². The van der Waals surface area contributed by atoms with E-state index >= 15 is 0 Å². The molecule has 0 bridgehead atoms. The van der Waals surface area contributed by atoms with Crippen molar-refractivity contribution in [2.45, 2.75) is 6.92 Å². The average Bonchev–Trinajstić information content (AvgIpc) is 2.33. The molecule has 0 unspecified atom stereocenters. The van der Waals surface area contributed by atoms with Gasteiger partial charge in [0, 0.05) is 6.92 Å². The van der Waals surface area contributed by atoms with Gasteiger partial charge in [0.05, 0.1) is 0 Å². The van der Waals surface area contributed by atoms with Crippen LogP contribution in [0.2, 0.25) is 0 Å². The van der Waals surface area contributed by atoms with Gasteiger partial charge in [0.2, 0.25) is 5.01 Å². The SMILES string of the molecule is CC(=O)c1nnc(C(N)=O)s1. The quantitative estimate of drug-likeness (QED) is 0.626. The summed E-state index contributed by atoms with van der Waals surface area (Å²) in [5, 5.41) is 7.14. The molecule has 1 aromatic heterocycles. The Morgan fingerprint density at radius 2 is 1.91 bits per heavy atom. The molecule has 11 heavy (non-hydrogen) atoms. The Hall–Kier alpha value is -1.30. The molecule has 0 aliphatic heterocycles. The van der Waals surface area contributed by atoms with Gasteiger partial charge in [-0.15, -0.1) is 10.2 Å². The first-order valence-corrected chi connectivity index (χ1v) is 3.57. The number of primary amides is 1. The fourth-order valence-electron chi connectivity index (χ4n) is 0.465. The van der Waals surface area contributed by atoms with Crippen LogP contribution >= 0.6 is 11.3 Å². The van der Waals surface area contributed by atoms with Gasteiger partial charge in [0.15, 0.2) is 10.8 Å². The molecule has 0 fully saturated rings. The number of amides is 1. The first-order chi connectivity index (χ1) is 5.11. The average molecular weight is 171 g/mol. The second-order valence-corrected chi connectivity index (χ2v) is 2.81. The van der Waals surface area contributed by atoms with Crippen molar-refractivity contribution in [3.63, 3.8) is 0 Å². The third kappa shape index (κ3) is 1.58. The minimum Gasteiger partial charge on any atom is -0.363 e. The number of Topliss-reactive ketones (excluding diaryl/α,β-unsaturated/α-hetero) is 1. The van der Waals surface area contributed by atoms with E-state index in [1.54, 1.807) is 0 Å². The molecule has 0 aliphatic rings. The van der Waals surface area contributed by atoms with Gasteiger partial charge < -0.3 is 5.73 Å². The number of rotatable bonds is 2. The molecule has 58 valence electrons. The molecule has 0 aromatic carbocycles. The van der Waals surface area contributed by atoms with Crippen LogP contribution in [0, 0.1) is 0 Å². The van der Waals surface area contributed by atoms with Crippen LogP contribution < -0.4 is 5.73 Å². The Bertz CT molecular complexity index is 278. The van der Waals surface area contributed by atoms with Crippen LogP contribution in [0.15, 0.2) is 0 Å². The first-order valence-electron chi connectivity index (χ1n) is 2.75. The van der Waals surface area contributed by atoms with E-state index in [0.29, 0.717) is 0 Å². The number of aromatic nitrogens is 2. The molecule has 0 saturated heterocycles. The van der Waals surface area contributed by atoms with E-state index in [1.807, 2.05) is 0 Å². The van der Waals surface area contributed by atoms with Crippen molar-refractivity contribution in [1.82, 2.24) is 10.2 Å². The fourth-order valence-corrected chi connectivity index (χ4v) is 1.06. The first kappa shape index (κ1) is 7.80. The number of hydrogen-bond donors (Lipinski definition) is 1. The van der Waals surface area contributed by atoms with Gasteiger partial charge in [-0.25, -0.2) is 0 Å². The molecule has 1 rings (SSSR count). The minimum absolute atomic E-state index is 0.0650. The Morgan fingerprint density at radius 3 is 2.18 bits per heavy atom. The highest BCUT2D eigenvalue weighted by molar-refractivity contribution is 7.15. The van der Waals surface area contributed by atoms with Crippen LogP contribution in [0.5, 0.6) is 0 Å². The largest absolute Gasteiger partial charge is 0.363 e.